The van der Waals surface area contributed by atoms with Crippen molar-refractivity contribution in [2.24, 2.45) is 0 Å². The van der Waals surface area contributed by atoms with Gasteiger partial charge in [0.15, 0.2) is 0 Å². The average Bonchev–Trinajstić information content (AvgIpc) is 2.77. The number of halogens is 4. The van der Waals surface area contributed by atoms with Crippen LogP contribution in [-0.4, -0.2) is 48.1 Å². The number of nitro groups is 1. The van der Waals surface area contributed by atoms with Crippen LogP contribution in [0.5, 0.6) is 11.5 Å². The standard InChI is InChI=1S/C22H25ClF3N3O5/c1-4-28(5-2)10-11-33-21(30)14(3)27-18-13-16(7-8-19(18)29(31)32)34-20-9-6-15(12-17(20)23)22(24,25)26/h6-9,12-14,27H,4-5,10-11H2,1-3H3. The molecular weight excluding hydrogens is 479 g/mol. The fourth-order valence-corrected chi connectivity index (χ4v) is 3.19. The SMILES string of the molecule is CCN(CC)CCOC(=O)C(C)Nc1cc(Oc2ccc(C(F)(F)F)cc2Cl)ccc1[N+](=O)[O-]. The normalized spacial score (nSPS) is 12.4. The van der Waals surface area contributed by atoms with Gasteiger partial charge in [-0.15, -0.1) is 0 Å². The molecule has 1 N–H and O–H groups in total. The molecule has 0 spiro atoms. The summed E-state index contributed by atoms with van der Waals surface area (Å²) in [6.45, 7) is 7.81. The molecule has 0 heterocycles. The van der Waals surface area contributed by atoms with Crippen molar-refractivity contribution in [3.8, 4) is 11.5 Å². The minimum atomic E-state index is -4.57. The molecule has 186 valence electrons. The van der Waals surface area contributed by atoms with Crippen LogP contribution in [0, 0.1) is 10.1 Å². The van der Waals surface area contributed by atoms with Gasteiger partial charge in [0.1, 0.15) is 29.8 Å². The molecule has 0 aromatic heterocycles. The van der Waals surface area contributed by atoms with Crippen molar-refractivity contribution in [1.29, 1.82) is 0 Å². The lowest BCUT2D eigenvalue weighted by Gasteiger charge is -2.19. The molecule has 0 saturated heterocycles. The molecule has 0 amide bonds. The molecule has 0 saturated carbocycles. The highest BCUT2D eigenvalue weighted by Crippen LogP contribution is 2.38. The number of nitrogens with zero attached hydrogens (tertiary/aromatic N) is 2. The van der Waals surface area contributed by atoms with Gasteiger partial charge in [-0.25, -0.2) is 4.79 Å². The van der Waals surface area contributed by atoms with E-state index in [1.807, 2.05) is 13.8 Å². The predicted octanol–water partition coefficient (Wildman–Crippen LogP) is 5.74. The smallest absolute Gasteiger partial charge is 0.416 e. The highest BCUT2D eigenvalue weighted by Gasteiger charge is 2.31. The van der Waals surface area contributed by atoms with Crippen LogP contribution in [0.3, 0.4) is 0 Å². The van der Waals surface area contributed by atoms with E-state index in [-0.39, 0.29) is 34.5 Å². The maximum Gasteiger partial charge on any atom is 0.416 e. The lowest BCUT2D eigenvalue weighted by molar-refractivity contribution is -0.384. The number of anilines is 1. The summed E-state index contributed by atoms with van der Waals surface area (Å²) in [5, 5.41) is 13.9. The van der Waals surface area contributed by atoms with Gasteiger partial charge in [0.05, 0.1) is 15.5 Å². The Morgan fingerprint density at radius 3 is 2.44 bits per heavy atom. The van der Waals surface area contributed by atoms with Crippen LogP contribution in [0.4, 0.5) is 24.5 Å². The molecule has 0 bridgehead atoms. The summed E-state index contributed by atoms with van der Waals surface area (Å²) in [4.78, 5) is 25.2. The van der Waals surface area contributed by atoms with E-state index >= 15 is 0 Å². The fraction of sp³-hybridized carbons (Fsp3) is 0.409. The van der Waals surface area contributed by atoms with E-state index < -0.39 is 28.7 Å². The Hall–Kier alpha value is -3.05. The van der Waals surface area contributed by atoms with E-state index in [1.54, 1.807) is 0 Å². The fourth-order valence-electron chi connectivity index (χ4n) is 2.97. The van der Waals surface area contributed by atoms with Crippen molar-refractivity contribution < 1.29 is 32.4 Å². The summed E-state index contributed by atoms with van der Waals surface area (Å²) in [5.74, 6) is -0.603. The number of hydrogen-bond donors (Lipinski definition) is 1. The zero-order chi connectivity index (χ0) is 25.5. The second-order valence-electron chi connectivity index (χ2n) is 7.24. The highest BCUT2D eigenvalue weighted by molar-refractivity contribution is 6.32. The number of likely N-dealkylation sites (N-methyl/N-ethyl adjacent to an activating group) is 1. The molecule has 0 fully saturated rings. The van der Waals surface area contributed by atoms with E-state index in [1.165, 1.54) is 19.1 Å². The molecule has 0 aliphatic heterocycles. The van der Waals surface area contributed by atoms with Crippen LogP contribution in [0.2, 0.25) is 5.02 Å². The third kappa shape index (κ3) is 7.49. The van der Waals surface area contributed by atoms with E-state index in [0.29, 0.717) is 6.54 Å². The first-order chi connectivity index (χ1) is 16.0. The summed E-state index contributed by atoms with van der Waals surface area (Å²) in [6.07, 6.45) is -4.57. The molecule has 2 rings (SSSR count). The number of ether oxygens (including phenoxy) is 2. The van der Waals surface area contributed by atoms with Crippen LogP contribution in [0.25, 0.3) is 0 Å². The van der Waals surface area contributed by atoms with Gasteiger partial charge >= 0.3 is 12.1 Å². The third-order valence-corrected chi connectivity index (χ3v) is 5.22. The Labute approximate surface area is 199 Å². The summed E-state index contributed by atoms with van der Waals surface area (Å²) in [5.41, 5.74) is -1.29. The maximum atomic E-state index is 12.8. The molecule has 2 aromatic rings. The van der Waals surface area contributed by atoms with Gasteiger partial charge in [-0.2, -0.15) is 13.2 Å². The molecule has 2 aromatic carbocycles. The molecule has 8 nitrogen and oxygen atoms in total. The van der Waals surface area contributed by atoms with E-state index in [2.05, 4.69) is 10.2 Å². The van der Waals surface area contributed by atoms with Crippen LogP contribution < -0.4 is 10.1 Å². The number of alkyl halides is 3. The van der Waals surface area contributed by atoms with Crippen LogP contribution >= 0.6 is 11.6 Å². The van der Waals surface area contributed by atoms with E-state index in [9.17, 15) is 28.1 Å². The zero-order valence-corrected chi connectivity index (χ0v) is 19.6. The Morgan fingerprint density at radius 1 is 1.21 bits per heavy atom. The van der Waals surface area contributed by atoms with Crippen LogP contribution in [0.15, 0.2) is 36.4 Å². The van der Waals surface area contributed by atoms with Crippen molar-refractivity contribution in [1.82, 2.24) is 4.90 Å². The Bertz CT molecular complexity index is 1020. The minimum Gasteiger partial charge on any atom is -0.463 e. The monoisotopic (exact) mass is 503 g/mol. The van der Waals surface area contributed by atoms with Gasteiger partial charge < -0.3 is 19.7 Å². The number of nitro benzene ring substituents is 1. The quantitative estimate of drug-likeness (QED) is 0.237. The number of esters is 1. The zero-order valence-electron chi connectivity index (χ0n) is 18.8. The molecule has 0 aliphatic rings. The van der Waals surface area contributed by atoms with Crippen LogP contribution in [-0.2, 0) is 15.7 Å². The summed E-state index contributed by atoms with van der Waals surface area (Å²) < 4.78 is 49.2. The number of carbonyl (C=O) groups is 1. The Kier molecular flexibility index (Phi) is 9.51. The van der Waals surface area contributed by atoms with Crippen molar-refractivity contribution >= 4 is 28.9 Å². The highest BCUT2D eigenvalue weighted by atomic mass is 35.5. The predicted molar refractivity (Wildman–Crippen MR) is 121 cm³/mol. The van der Waals surface area contributed by atoms with Crippen molar-refractivity contribution in [3.63, 3.8) is 0 Å². The molecule has 0 radical (unpaired) electrons. The average molecular weight is 504 g/mol. The van der Waals surface area contributed by atoms with Gasteiger partial charge in [-0.1, -0.05) is 25.4 Å². The van der Waals surface area contributed by atoms with Gasteiger partial charge in [-0.3, -0.25) is 10.1 Å². The number of carbonyl (C=O) groups excluding carboxylic acids is 1. The first-order valence-corrected chi connectivity index (χ1v) is 10.8. The van der Waals surface area contributed by atoms with E-state index in [4.69, 9.17) is 21.1 Å². The Balaban J connectivity index is 2.15. The van der Waals surface area contributed by atoms with Crippen molar-refractivity contribution in [2.75, 3.05) is 31.6 Å². The first kappa shape index (κ1) is 27.2. The van der Waals surface area contributed by atoms with Crippen molar-refractivity contribution in [3.05, 3.63) is 57.1 Å². The number of benzene rings is 2. The molecule has 1 atom stereocenters. The number of hydrogen-bond acceptors (Lipinski definition) is 7. The lowest BCUT2D eigenvalue weighted by atomic mass is 10.2. The molecule has 34 heavy (non-hydrogen) atoms. The number of nitrogens with one attached hydrogen (secondary N) is 1. The van der Waals surface area contributed by atoms with E-state index in [0.717, 1.165) is 37.4 Å². The molecule has 0 aliphatic carbocycles. The lowest BCUT2D eigenvalue weighted by Crippen LogP contribution is -2.32. The minimum absolute atomic E-state index is 0.0290. The Morgan fingerprint density at radius 2 is 1.88 bits per heavy atom. The third-order valence-electron chi connectivity index (χ3n) is 4.92. The van der Waals surface area contributed by atoms with Crippen LogP contribution in [0.1, 0.15) is 26.3 Å². The molecule has 12 heteroatoms. The number of rotatable bonds is 11. The summed E-state index contributed by atoms with van der Waals surface area (Å²) in [7, 11) is 0. The van der Waals surface area contributed by atoms with Gasteiger partial charge in [-0.05, 0) is 44.3 Å². The summed E-state index contributed by atoms with van der Waals surface area (Å²) in [6, 6.07) is 5.33. The maximum absolute atomic E-state index is 12.8. The largest absolute Gasteiger partial charge is 0.463 e. The molecule has 1 unspecified atom stereocenters. The van der Waals surface area contributed by atoms with Gasteiger partial charge in [0.2, 0.25) is 0 Å². The second kappa shape index (κ2) is 11.9. The molecular formula is C22H25ClF3N3O5. The van der Waals surface area contributed by atoms with Gasteiger partial charge in [0.25, 0.3) is 5.69 Å². The second-order valence-corrected chi connectivity index (χ2v) is 7.65. The topological polar surface area (TPSA) is 93.9 Å². The van der Waals surface area contributed by atoms with Crippen molar-refractivity contribution in [2.45, 2.75) is 33.0 Å². The first-order valence-electron chi connectivity index (χ1n) is 10.4. The van der Waals surface area contributed by atoms with Gasteiger partial charge in [0, 0.05) is 18.7 Å². The summed E-state index contributed by atoms with van der Waals surface area (Å²) >= 11 is 5.91.